The second-order valence-corrected chi connectivity index (χ2v) is 5.40. The van der Waals surface area contributed by atoms with Gasteiger partial charge < -0.3 is 35.0 Å². The van der Waals surface area contributed by atoms with Gasteiger partial charge in [-0.15, -0.1) is 0 Å². The van der Waals surface area contributed by atoms with E-state index in [1.165, 1.54) is 18.2 Å². The number of hydrogen-bond donors (Lipinski definition) is 5. The van der Waals surface area contributed by atoms with E-state index in [1.54, 1.807) is 19.1 Å². The first-order chi connectivity index (χ1) is 12.5. The first-order valence-corrected chi connectivity index (χ1v) is 8.01. The van der Waals surface area contributed by atoms with Crippen LogP contribution in [0.4, 0.5) is 0 Å². The first kappa shape index (κ1) is 22.1. The molecule has 142 valence electrons. The Morgan fingerprint density at radius 2 is 1.92 bits per heavy atom. The van der Waals surface area contributed by atoms with Gasteiger partial charge in [-0.2, -0.15) is 0 Å². The van der Waals surface area contributed by atoms with Crippen molar-refractivity contribution in [3.8, 4) is 23.7 Å². The Labute approximate surface area is 152 Å². The lowest BCUT2D eigenvalue weighted by molar-refractivity contribution is -0.310. The van der Waals surface area contributed by atoms with Gasteiger partial charge in [-0.05, 0) is 24.8 Å². The third kappa shape index (κ3) is 6.41. The molecule has 0 aliphatic carbocycles. The molecule has 1 heterocycles. The van der Waals surface area contributed by atoms with Gasteiger partial charge in [0.2, 0.25) is 0 Å². The van der Waals surface area contributed by atoms with Crippen LogP contribution in [0.25, 0.3) is 0 Å². The molecule has 1 fully saturated rings. The highest BCUT2D eigenvalue weighted by Crippen LogP contribution is 2.23. The van der Waals surface area contributed by atoms with Crippen molar-refractivity contribution in [2.75, 3.05) is 6.61 Å². The highest BCUT2D eigenvalue weighted by Gasteiger charge is 2.45. The van der Waals surface area contributed by atoms with Crippen molar-refractivity contribution >= 4 is 0 Å². The van der Waals surface area contributed by atoms with Gasteiger partial charge in [0.25, 0.3) is 0 Å². The molecule has 7 nitrogen and oxygen atoms in total. The van der Waals surface area contributed by atoms with Crippen LogP contribution in [0.3, 0.4) is 0 Å². The van der Waals surface area contributed by atoms with E-state index in [4.69, 9.17) is 9.47 Å². The van der Waals surface area contributed by atoms with Crippen molar-refractivity contribution in [1.82, 2.24) is 0 Å². The van der Waals surface area contributed by atoms with E-state index in [0.717, 1.165) is 0 Å². The quantitative estimate of drug-likeness (QED) is 0.298. The van der Waals surface area contributed by atoms with E-state index < -0.39 is 49.5 Å². The van der Waals surface area contributed by atoms with Gasteiger partial charge in [-0.25, -0.2) is 0 Å². The van der Waals surface area contributed by atoms with E-state index >= 15 is 0 Å². The van der Waals surface area contributed by atoms with Crippen LogP contribution in [0.5, 0.6) is 0 Å². The summed E-state index contributed by atoms with van der Waals surface area (Å²) in [6, 6.07) is 0. The minimum absolute atomic E-state index is 0.588. The summed E-state index contributed by atoms with van der Waals surface area (Å²) in [5.41, 5.74) is 0. The molecule has 5 N–H and O–H groups in total. The van der Waals surface area contributed by atoms with E-state index in [1.807, 2.05) is 0 Å². The summed E-state index contributed by atoms with van der Waals surface area (Å²) in [7, 11) is 0. The lowest BCUT2D eigenvalue weighted by Crippen LogP contribution is -2.60. The van der Waals surface area contributed by atoms with Crippen molar-refractivity contribution in [3.05, 3.63) is 37.0 Å². The number of aliphatic hydroxyl groups is 5. The Morgan fingerprint density at radius 3 is 2.54 bits per heavy atom. The van der Waals surface area contributed by atoms with E-state index in [9.17, 15) is 25.5 Å². The molecule has 0 unspecified atom stereocenters. The van der Waals surface area contributed by atoms with Crippen molar-refractivity contribution < 1.29 is 35.0 Å². The van der Waals surface area contributed by atoms with Gasteiger partial charge in [0, 0.05) is 0 Å². The predicted molar refractivity (Wildman–Crippen MR) is 94.4 cm³/mol. The Kier molecular flexibility index (Phi) is 9.89. The normalized spacial score (nSPS) is 30.9. The van der Waals surface area contributed by atoms with Crippen LogP contribution in [-0.4, -0.2) is 75.1 Å². The van der Waals surface area contributed by atoms with Crippen molar-refractivity contribution in [2.24, 2.45) is 0 Å². The van der Waals surface area contributed by atoms with Gasteiger partial charge in [0.05, 0.1) is 6.61 Å². The van der Waals surface area contributed by atoms with Crippen LogP contribution < -0.4 is 0 Å². The molecule has 0 aromatic heterocycles. The van der Waals surface area contributed by atoms with E-state index in [2.05, 4.69) is 30.3 Å². The summed E-state index contributed by atoms with van der Waals surface area (Å²) in [6.45, 7) is 4.71. The van der Waals surface area contributed by atoms with Gasteiger partial charge in [0.1, 0.15) is 30.5 Å². The molecule has 7 heteroatoms. The Morgan fingerprint density at radius 1 is 1.19 bits per heavy atom. The molecule has 0 bridgehead atoms. The SMILES string of the molecule is C=CC=C[C@H](O)[C@@H](C#CC#CC=CC)O[C@@H]1O[C@H](CO)[C@@H](O)[C@H](O)[C@H]1O. The van der Waals surface area contributed by atoms with Crippen LogP contribution in [0.1, 0.15) is 6.92 Å². The lowest BCUT2D eigenvalue weighted by atomic mass is 9.99. The largest absolute Gasteiger partial charge is 0.394 e. The molecular formula is C19H24O7. The molecule has 26 heavy (non-hydrogen) atoms. The Hall–Kier alpha value is -1.94. The molecule has 0 aromatic carbocycles. The zero-order valence-electron chi connectivity index (χ0n) is 14.4. The highest BCUT2D eigenvalue weighted by molar-refractivity contribution is 5.32. The third-order valence-electron chi connectivity index (χ3n) is 3.48. The van der Waals surface area contributed by atoms with Crippen molar-refractivity contribution in [3.63, 3.8) is 0 Å². The number of ether oxygens (including phenoxy) is 2. The van der Waals surface area contributed by atoms with E-state index in [-0.39, 0.29) is 0 Å². The zero-order chi connectivity index (χ0) is 19.5. The fourth-order valence-electron chi connectivity index (χ4n) is 2.09. The summed E-state index contributed by atoms with van der Waals surface area (Å²) < 4.78 is 10.7. The molecule has 0 saturated carbocycles. The third-order valence-corrected chi connectivity index (χ3v) is 3.48. The summed E-state index contributed by atoms with van der Waals surface area (Å²) >= 11 is 0. The summed E-state index contributed by atoms with van der Waals surface area (Å²) in [4.78, 5) is 0. The van der Waals surface area contributed by atoms with Gasteiger partial charge in [-0.1, -0.05) is 42.7 Å². The van der Waals surface area contributed by atoms with Crippen LogP contribution >= 0.6 is 0 Å². The number of hydrogen-bond acceptors (Lipinski definition) is 7. The molecule has 0 spiro atoms. The maximum atomic E-state index is 10.2. The molecule has 1 rings (SSSR count). The Balaban J connectivity index is 2.97. The van der Waals surface area contributed by atoms with Crippen LogP contribution in [0, 0.1) is 23.7 Å². The molecular weight excluding hydrogens is 340 g/mol. The average Bonchev–Trinajstić information content (AvgIpc) is 2.64. The molecule has 1 aliphatic rings. The van der Waals surface area contributed by atoms with E-state index in [0.29, 0.717) is 0 Å². The summed E-state index contributed by atoms with van der Waals surface area (Å²) in [5, 5.41) is 49.0. The zero-order valence-corrected chi connectivity index (χ0v) is 14.4. The van der Waals surface area contributed by atoms with Gasteiger partial charge in [0.15, 0.2) is 12.4 Å². The summed E-state index contributed by atoms with van der Waals surface area (Å²) in [5.74, 6) is 10.3. The average molecular weight is 364 g/mol. The van der Waals surface area contributed by atoms with Crippen LogP contribution in [0.15, 0.2) is 37.0 Å². The smallest absolute Gasteiger partial charge is 0.188 e. The van der Waals surface area contributed by atoms with Crippen LogP contribution in [0.2, 0.25) is 0 Å². The molecule has 0 radical (unpaired) electrons. The standard InChI is InChI=1S/C19H24O7/c1-3-5-7-8-9-11-14(13(21)10-6-4-2)25-19-18(24)17(23)16(22)15(12-20)26-19/h3-6,10,13-24H,2,12H2,1H3/t13-,14+,15+,16+,17-,18+,19+/m0/s1. The second-order valence-electron chi connectivity index (χ2n) is 5.40. The fourth-order valence-corrected chi connectivity index (χ4v) is 2.09. The molecule has 7 atom stereocenters. The van der Waals surface area contributed by atoms with Crippen molar-refractivity contribution in [1.29, 1.82) is 0 Å². The number of allylic oxidation sites excluding steroid dienone is 4. The minimum atomic E-state index is -1.60. The maximum Gasteiger partial charge on any atom is 0.188 e. The lowest BCUT2D eigenvalue weighted by Gasteiger charge is -2.40. The number of aliphatic hydroxyl groups excluding tert-OH is 5. The molecule has 0 amide bonds. The van der Waals surface area contributed by atoms with Gasteiger partial charge in [-0.3, -0.25) is 0 Å². The molecule has 0 aromatic rings. The van der Waals surface area contributed by atoms with Gasteiger partial charge >= 0.3 is 0 Å². The topological polar surface area (TPSA) is 120 Å². The minimum Gasteiger partial charge on any atom is -0.394 e. The fraction of sp³-hybridized carbons (Fsp3) is 0.474. The maximum absolute atomic E-state index is 10.2. The van der Waals surface area contributed by atoms with Crippen LogP contribution in [-0.2, 0) is 9.47 Å². The Bertz CT molecular complexity index is 617. The molecule has 1 aliphatic heterocycles. The second kappa shape index (κ2) is 11.6. The monoisotopic (exact) mass is 364 g/mol. The van der Waals surface area contributed by atoms with Crippen molar-refractivity contribution in [2.45, 2.75) is 49.8 Å². The predicted octanol–water partition coefficient (Wildman–Crippen LogP) is -1.14. The highest BCUT2D eigenvalue weighted by atomic mass is 16.7. The first-order valence-electron chi connectivity index (χ1n) is 8.01. The summed E-state index contributed by atoms with van der Waals surface area (Å²) in [6.07, 6.45) is -1.93. The molecule has 1 saturated heterocycles. The number of rotatable bonds is 6.